The molecule has 2 aliphatic rings. The number of hydrogen-bond donors (Lipinski definition) is 1. The van der Waals surface area contributed by atoms with Crippen molar-refractivity contribution >= 4 is 23.2 Å². The van der Waals surface area contributed by atoms with Gasteiger partial charge in [0, 0.05) is 22.2 Å². The maximum absolute atomic E-state index is 12.4. The standard InChI is InChI=1S/C13H17NOS.ClH/c15-16(12-4-2-1-3-5-12)13-8-10-6-7-11(9-13)14-10;/h1-5,10-11,13-14H,6-9H2;1H/t10-,11+,13?,16?;. The number of benzene rings is 1. The summed E-state index contributed by atoms with van der Waals surface area (Å²) in [4.78, 5) is 0.994. The van der Waals surface area contributed by atoms with Crippen LogP contribution in [-0.4, -0.2) is 21.5 Å². The smallest absolute Gasteiger partial charge is 0.0562 e. The van der Waals surface area contributed by atoms with E-state index in [1.54, 1.807) is 0 Å². The first-order chi connectivity index (χ1) is 7.83. The highest BCUT2D eigenvalue weighted by molar-refractivity contribution is 7.85. The molecule has 3 rings (SSSR count). The van der Waals surface area contributed by atoms with Gasteiger partial charge < -0.3 is 5.32 Å². The molecule has 17 heavy (non-hydrogen) atoms. The van der Waals surface area contributed by atoms with Crippen LogP contribution in [0, 0.1) is 0 Å². The number of rotatable bonds is 2. The van der Waals surface area contributed by atoms with Gasteiger partial charge in [-0.25, -0.2) is 0 Å². The number of piperidine rings is 1. The van der Waals surface area contributed by atoms with Crippen molar-refractivity contribution in [1.82, 2.24) is 5.32 Å². The number of halogens is 1. The lowest BCUT2D eigenvalue weighted by Gasteiger charge is -2.28. The summed E-state index contributed by atoms with van der Waals surface area (Å²) in [7, 11) is -0.811. The van der Waals surface area contributed by atoms with E-state index in [4.69, 9.17) is 0 Å². The van der Waals surface area contributed by atoms with Crippen LogP contribution in [0.1, 0.15) is 25.7 Å². The molecule has 2 fully saturated rings. The predicted molar refractivity (Wildman–Crippen MR) is 73.1 cm³/mol. The van der Waals surface area contributed by atoms with Gasteiger partial charge >= 0.3 is 0 Å². The average Bonchev–Trinajstić information content (AvgIpc) is 2.68. The molecule has 4 heteroatoms. The minimum atomic E-state index is -0.811. The molecule has 2 heterocycles. The molecule has 2 saturated heterocycles. The Bertz CT molecular complexity index is 386. The quantitative estimate of drug-likeness (QED) is 0.896. The van der Waals surface area contributed by atoms with Crippen LogP contribution < -0.4 is 5.32 Å². The summed E-state index contributed by atoms with van der Waals surface area (Å²) < 4.78 is 12.4. The van der Waals surface area contributed by atoms with E-state index in [1.807, 2.05) is 30.3 Å². The molecule has 4 atom stereocenters. The van der Waals surface area contributed by atoms with E-state index in [2.05, 4.69) is 5.32 Å². The van der Waals surface area contributed by atoms with Gasteiger partial charge in [-0.05, 0) is 37.8 Å². The Balaban J connectivity index is 0.00000108. The van der Waals surface area contributed by atoms with E-state index in [1.165, 1.54) is 12.8 Å². The lowest BCUT2D eigenvalue weighted by molar-refractivity contribution is 0.409. The van der Waals surface area contributed by atoms with E-state index in [-0.39, 0.29) is 12.4 Å². The number of hydrogen-bond acceptors (Lipinski definition) is 2. The summed E-state index contributed by atoms with van der Waals surface area (Å²) in [6.45, 7) is 0. The van der Waals surface area contributed by atoms with Crippen molar-refractivity contribution < 1.29 is 4.21 Å². The van der Waals surface area contributed by atoms with Gasteiger partial charge in [-0.15, -0.1) is 12.4 Å². The maximum atomic E-state index is 12.4. The van der Waals surface area contributed by atoms with Crippen LogP contribution in [0.2, 0.25) is 0 Å². The first-order valence-corrected chi connectivity index (χ1v) is 7.26. The molecule has 94 valence electrons. The van der Waals surface area contributed by atoms with Crippen molar-refractivity contribution in [3.8, 4) is 0 Å². The summed E-state index contributed by atoms with van der Waals surface area (Å²) in [6, 6.07) is 11.1. The van der Waals surface area contributed by atoms with Gasteiger partial charge in [0.15, 0.2) is 0 Å². The summed E-state index contributed by atoms with van der Waals surface area (Å²) in [5.41, 5.74) is 0. The highest BCUT2D eigenvalue weighted by atomic mass is 35.5. The molecule has 0 aliphatic carbocycles. The molecule has 0 aromatic heterocycles. The van der Waals surface area contributed by atoms with Crippen LogP contribution in [0.5, 0.6) is 0 Å². The van der Waals surface area contributed by atoms with Gasteiger partial charge in [-0.1, -0.05) is 18.2 Å². The van der Waals surface area contributed by atoms with Crippen LogP contribution in [-0.2, 0) is 10.8 Å². The predicted octanol–water partition coefficient (Wildman–Crippen LogP) is 2.50. The fourth-order valence-electron chi connectivity index (χ4n) is 2.93. The molecular weight excluding hydrogens is 254 g/mol. The van der Waals surface area contributed by atoms with Crippen LogP contribution >= 0.6 is 12.4 Å². The van der Waals surface area contributed by atoms with Gasteiger partial charge in [0.25, 0.3) is 0 Å². The zero-order chi connectivity index (χ0) is 11.0. The van der Waals surface area contributed by atoms with Crippen LogP contribution in [0.4, 0.5) is 0 Å². The molecule has 2 unspecified atom stereocenters. The van der Waals surface area contributed by atoms with E-state index in [0.717, 1.165) is 17.7 Å². The van der Waals surface area contributed by atoms with Crippen LogP contribution in [0.15, 0.2) is 35.2 Å². The first-order valence-electron chi connectivity index (χ1n) is 6.04. The second-order valence-corrected chi connectivity index (χ2v) is 6.57. The van der Waals surface area contributed by atoms with Crippen molar-refractivity contribution in [2.45, 2.75) is 47.9 Å². The Labute approximate surface area is 111 Å². The summed E-state index contributed by atoms with van der Waals surface area (Å²) in [5, 5.41) is 3.95. The van der Waals surface area contributed by atoms with Crippen LogP contribution in [0.3, 0.4) is 0 Å². The molecule has 2 bridgehead atoms. The molecule has 1 N–H and O–H groups in total. The Morgan fingerprint density at radius 1 is 1.06 bits per heavy atom. The second-order valence-electron chi connectivity index (χ2n) is 4.84. The first kappa shape index (κ1) is 13.1. The molecule has 2 aliphatic heterocycles. The van der Waals surface area contributed by atoms with Gasteiger partial charge in [0.05, 0.1) is 10.8 Å². The van der Waals surface area contributed by atoms with Crippen molar-refractivity contribution in [2.24, 2.45) is 0 Å². The average molecular weight is 272 g/mol. The molecule has 1 aromatic carbocycles. The van der Waals surface area contributed by atoms with Gasteiger partial charge in [-0.3, -0.25) is 4.21 Å². The Hall–Kier alpha value is -0.380. The second kappa shape index (κ2) is 5.51. The normalized spacial score (nSPS) is 32.8. The van der Waals surface area contributed by atoms with E-state index < -0.39 is 10.8 Å². The fourth-order valence-corrected chi connectivity index (χ4v) is 4.55. The van der Waals surface area contributed by atoms with Gasteiger partial charge in [0.2, 0.25) is 0 Å². The lowest BCUT2D eigenvalue weighted by Crippen LogP contribution is -2.41. The summed E-state index contributed by atoms with van der Waals surface area (Å²) in [5.74, 6) is 0. The SMILES string of the molecule is Cl.O=S(c1ccccc1)C1C[C@H]2CC[C@@H](C1)N2. The topological polar surface area (TPSA) is 29.1 Å². The Kier molecular flexibility index (Phi) is 4.23. The van der Waals surface area contributed by atoms with Crippen molar-refractivity contribution in [3.63, 3.8) is 0 Å². The lowest BCUT2D eigenvalue weighted by atomic mass is 10.1. The minimum Gasteiger partial charge on any atom is -0.311 e. The Morgan fingerprint density at radius 2 is 1.65 bits per heavy atom. The van der Waals surface area contributed by atoms with Crippen molar-refractivity contribution in [2.75, 3.05) is 0 Å². The highest BCUT2D eigenvalue weighted by Crippen LogP contribution is 2.31. The van der Waals surface area contributed by atoms with E-state index in [0.29, 0.717) is 17.3 Å². The minimum absolute atomic E-state index is 0. The van der Waals surface area contributed by atoms with Crippen molar-refractivity contribution in [1.29, 1.82) is 0 Å². The maximum Gasteiger partial charge on any atom is 0.0562 e. The third-order valence-electron chi connectivity index (χ3n) is 3.71. The summed E-state index contributed by atoms with van der Waals surface area (Å²) >= 11 is 0. The molecule has 1 aromatic rings. The third-order valence-corrected chi connectivity index (χ3v) is 5.44. The summed E-state index contributed by atoms with van der Waals surface area (Å²) in [6.07, 6.45) is 4.70. The van der Waals surface area contributed by atoms with E-state index in [9.17, 15) is 4.21 Å². The molecule has 2 nitrogen and oxygen atoms in total. The molecule has 0 radical (unpaired) electrons. The zero-order valence-electron chi connectivity index (χ0n) is 9.67. The number of nitrogens with one attached hydrogen (secondary N) is 1. The van der Waals surface area contributed by atoms with Crippen LogP contribution in [0.25, 0.3) is 0 Å². The molecule has 0 spiro atoms. The molecule has 0 saturated carbocycles. The largest absolute Gasteiger partial charge is 0.311 e. The fraction of sp³-hybridized carbons (Fsp3) is 0.538. The zero-order valence-corrected chi connectivity index (χ0v) is 11.3. The monoisotopic (exact) mass is 271 g/mol. The van der Waals surface area contributed by atoms with Crippen molar-refractivity contribution in [3.05, 3.63) is 30.3 Å². The third kappa shape index (κ3) is 2.72. The Morgan fingerprint density at radius 3 is 2.24 bits per heavy atom. The molecule has 0 amide bonds. The van der Waals surface area contributed by atoms with Gasteiger partial charge in [-0.2, -0.15) is 0 Å². The molecular formula is C13H18ClNOS. The van der Waals surface area contributed by atoms with E-state index >= 15 is 0 Å². The number of fused-ring (bicyclic) bond motifs is 2. The highest BCUT2D eigenvalue weighted by Gasteiger charge is 2.36. The van der Waals surface area contributed by atoms with Gasteiger partial charge in [0.1, 0.15) is 0 Å².